The van der Waals surface area contributed by atoms with Crippen LogP contribution in [0.25, 0.3) is 0 Å². The molecule has 0 radical (unpaired) electrons. The molecule has 1 aromatic rings. The molecule has 140 valence electrons. The number of nitrogens with zero attached hydrogens (tertiary/aromatic N) is 1. The topological polar surface area (TPSA) is 53.6 Å². The molecule has 0 aliphatic carbocycles. The molecule has 25 heavy (non-hydrogen) atoms. The molecule has 1 aliphatic rings. The van der Waals surface area contributed by atoms with E-state index in [0.717, 1.165) is 25.2 Å². The van der Waals surface area contributed by atoms with E-state index in [4.69, 9.17) is 4.74 Å². The third-order valence-corrected chi connectivity index (χ3v) is 4.25. The summed E-state index contributed by atoms with van der Waals surface area (Å²) in [6, 6.07) is 9.46. The molecular formula is C20H33N3O2. The molecule has 3 atom stereocenters. The first-order valence-electron chi connectivity index (χ1n) is 9.19. The van der Waals surface area contributed by atoms with Crippen molar-refractivity contribution in [2.75, 3.05) is 13.1 Å². The average molecular weight is 348 g/mol. The van der Waals surface area contributed by atoms with E-state index in [2.05, 4.69) is 53.6 Å². The molecule has 1 heterocycles. The van der Waals surface area contributed by atoms with Crippen LogP contribution < -0.4 is 10.6 Å². The van der Waals surface area contributed by atoms with Gasteiger partial charge in [0.05, 0.1) is 6.04 Å². The number of carbonyl (C=O) groups excluding carboxylic acids is 1. The van der Waals surface area contributed by atoms with E-state index < -0.39 is 5.60 Å². The van der Waals surface area contributed by atoms with Crippen LogP contribution in [0.2, 0.25) is 0 Å². The monoisotopic (exact) mass is 347 g/mol. The van der Waals surface area contributed by atoms with Gasteiger partial charge in [0.15, 0.2) is 0 Å². The largest absolute Gasteiger partial charge is 0.444 e. The zero-order valence-electron chi connectivity index (χ0n) is 16.4. The molecule has 2 rings (SSSR count). The Hall–Kier alpha value is -1.59. The van der Waals surface area contributed by atoms with Gasteiger partial charge in [-0.15, -0.1) is 0 Å². The van der Waals surface area contributed by atoms with Crippen LogP contribution in [-0.2, 0) is 11.3 Å². The van der Waals surface area contributed by atoms with E-state index in [1.807, 2.05) is 27.7 Å². The lowest BCUT2D eigenvalue weighted by Crippen LogP contribution is -2.53. The van der Waals surface area contributed by atoms with Crippen LogP contribution in [0, 0.1) is 0 Å². The molecule has 0 bridgehead atoms. The number of hydrogen-bond donors (Lipinski definition) is 2. The van der Waals surface area contributed by atoms with Crippen molar-refractivity contribution in [2.24, 2.45) is 0 Å². The number of alkyl carbamates (subject to hydrolysis) is 1. The van der Waals surface area contributed by atoms with E-state index in [0.29, 0.717) is 12.1 Å². The summed E-state index contributed by atoms with van der Waals surface area (Å²) < 4.78 is 5.31. The van der Waals surface area contributed by atoms with Crippen molar-refractivity contribution in [3.8, 4) is 0 Å². The number of piperazine rings is 1. The van der Waals surface area contributed by atoms with Gasteiger partial charge >= 0.3 is 6.09 Å². The Morgan fingerprint density at radius 3 is 2.32 bits per heavy atom. The van der Waals surface area contributed by atoms with Crippen molar-refractivity contribution in [1.29, 1.82) is 0 Å². The number of nitrogens with one attached hydrogen (secondary N) is 2. The van der Waals surface area contributed by atoms with E-state index in [1.165, 1.54) is 5.56 Å². The zero-order valence-corrected chi connectivity index (χ0v) is 16.4. The van der Waals surface area contributed by atoms with Crippen molar-refractivity contribution < 1.29 is 9.53 Å². The lowest BCUT2D eigenvalue weighted by molar-refractivity contribution is 0.0508. The molecule has 1 aliphatic heterocycles. The summed E-state index contributed by atoms with van der Waals surface area (Å²) in [6.45, 7) is 15.1. The van der Waals surface area contributed by atoms with Crippen LogP contribution in [0.5, 0.6) is 0 Å². The minimum atomic E-state index is -0.481. The Labute approximate surface area is 152 Å². The second-order valence-electron chi connectivity index (χ2n) is 8.27. The molecule has 0 spiro atoms. The van der Waals surface area contributed by atoms with Gasteiger partial charge in [0, 0.05) is 31.7 Å². The van der Waals surface area contributed by atoms with E-state index in [-0.39, 0.29) is 12.1 Å². The van der Waals surface area contributed by atoms with Crippen LogP contribution in [0.4, 0.5) is 4.79 Å². The number of benzene rings is 1. The van der Waals surface area contributed by atoms with Crippen LogP contribution >= 0.6 is 0 Å². The predicted molar refractivity (Wildman–Crippen MR) is 102 cm³/mol. The van der Waals surface area contributed by atoms with Gasteiger partial charge in [-0.3, -0.25) is 4.90 Å². The molecule has 2 N–H and O–H groups in total. The summed E-state index contributed by atoms with van der Waals surface area (Å²) in [7, 11) is 0. The Bertz CT molecular complexity index is 555. The normalized spacial score (nSPS) is 23.1. The third kappa shape index (κ3) is 6.67. The summed E-state index contributed by atoms with van der Waals surface area (Å²) in [5.74, 6) is 0. The number of amides is 1. The highest BCUT2D eigenvalue weighted by atomic mass is 16.6. The van der Waals surface area contributed by atoms with Crippen LogP contribution in [0.1, 0.15) is 58.7 Å². The quantitative estimate of drug-likeness (QED) is 0.876. The zero-order chi connectivity index (χ0) is 18.6. The molecule has 5 heteroatoms. The van der Waals surface area contributed by atoms with Crippen LogP contribution in [0.15, 0.2) is 24.3 Å². The maximum absolute atomic E-state index is 11.9. The minimum Gasteiger partial charge on any atom is -0.444 e. The van der Waals surface area contributed by atoms with E-state index >= 15 is 0 Å². The minimum absolute atomic E-state index is 0.0804. The fourth-order valence-corrected chi connectivity index (χ4v) is 3.31. The highest BCUT2D eigenvalue weighted by Crippen LogP contribution is 2.17. The maximum atomic E-state index is 11.9. The fourth-order valence-electron chi connectivity index (χ4n) is 3.31. The Morgan fingerprint density at radius 1 is 1.24 bits per heavy atom. The van der Waals surface area contributed by atoms with Gasteiger partial charge in [0.25, 0.3) is 0 Å². The Morgan fingerprint density at radius 2 is 1.80 bits per heavy atom. The van der Waals surface area contributed by atoms with Gasteiger partial charge in [-0.25, -0.2) is 4.79 Å². The van der Waals surface area contributed by atoms with Crippen molar-refractivity contribution in [3.63, 3.8) is 0 Å². The summed E-state index contributed by atoms with van der Waals surface area (Å²) in [6.07, 6.45) is -0.382. The SMILES string of the molecule is C[C@@H]1CN(Cc2ccc([C@H](C)NC(=O)OC(C)(C)C)cc2)C[C@H](C)N1. The summed E-state index contributed by atoms with van der Waals surface area (Å²) in [4.78, 5) is 14.4. The number of ether oxygens (including phenoxy) is 1. The molecule has 1 saturated heterocycles. The van der Waals surface area contributed by atoms with Crippen LogP contribution in [0.3, 0.4) is 0 Å². The summed E-state index contributed by atoms with van der Waals surface area (Å²) >= 11 is 0. The number of rotatable bonds is 4. The molecule has 1 fully saturated rings. The Balaban J connectivity index is 1.89. The predicted octanol–water partition coefficient (Wildman–Crippen LogP) is 3.45. The first-order valence-corrected chi connectivity index (χ1v) is 9.19. The molecule has 0 aromatic heterocycles. The summed E-state index contributed by atoms with van der Waals surface area (Å²) in [5, 5.41) is 6.44. The summed E-state index contributed by atoms with van der Waals surface area (Å²) in [5.41, 5.74) is 1.90. The highest BCUT2D eigenvalue weighted by Gasteiger charge is 2.21. The van der Waals surface area contributed by atoms with Crippen molar-refractivity contribution in [1.82, 2.24) is 15.5 Å². The average Bonchev–Trinajstić information content (AvgIpc) is 2.44. The molecule has 0 unspecified atom stereocenters. The standard InChI is InChI=1S/C20H33N3O2/c1-14-11-23(12-15(2)21-14)13-17-7-9-18(10-8-17)16(3)22-19(24)25-20(4,5)6/h7-10,14-16,21H,11-13H2,1-6H3,(H,22,24)/t14-,15+,16-/m0/s1. The molecule has 1 aromatic carbocycles. The third-order valence-electron chi connectivity index (χ3n) is 4.25. The van der Waals surface area contributed by atoms with Crippen LogP contribution in [-0.4, -0.2) is 41.8 Å². The second-order valence-corrected chi connectivity index (χ2v) is 8.27. The molecule has 1 amide bonds. The second kappa shape index (κ2) is 8.19. The van der Waals surface area contributed by atoms with Gasteiger partial charge in [0.2, 0.25) is 0 Å². The number of carbonyl (C=O) groups is 1. The molecule has 0 saturated carbocycles. The maximum Gasteiger partial charge on any atom is 0.408 e. The molecular weight excluding hydrogens is 314 g/mol. The lowest BCUT2D eigenvalue weighted by Gasteiger charge is -2.36. The first kappa shape index (κ1) is 19.7. The van der Waals surface area contributed by atoms with E-state index in [1.54, 1.807) is 0 Å². The van der Waals surface area contributed by atoms with Gasteiger partial charge < -0.3 is 15.4 Å². The molecule has 5 nitrogen and oxygen atoms in total. The smallest absolute Gasteiger partial charge is 0.408 e. The number of hydrogen-bond acceptors (Lipinski definition) is 4. The van der Waals surface area contributed by atoms with Crippen molar-refractivity contribution in [3.05, 3.63) is 35.4 Å². The van der Waals surface area contributed by atoms with Gasteiger partial charge in [-0.2, -0.15) is 0 Å². The highest BCUT2D eigenvalue weighted by molar-refractivity contribution is 5.68. The van der Waals surface area contributed by atoms with Gasteiger partial charge in [-0.05, 0) is 52.7 Å². The fraction of sp³-hybridized carbons (Fsp3) is 0.650. The van der Waals surface area contributed by atoms with Crippen molar-refractivity contribution >= 4 is 6.09 Å². The van der Waals surface area contributed by atoms with Crippen molar-refractivity contribution in [2.45, 2.75) is 71.8 Å². The van der Waals surface area contributed by atoms with E-state index in [9.17, 15) is 4.79 Å². The van der Waals surface area contributed by atoms with Gasteiger partial charge in [-0.1, -0.05) is 24.3 Å². The Kier molecular flexibility index (Phi) is 6.47. The first-order chi connectivity index (χ1) is 11.6. The lowest BCUT2D eigenvalue weighted by atomic mass is 10.0. The van der Waals surface area contributed by atoms with Gasteiger partial charge in [0.1, 0.15) is 5.60 Å².